The molecule has 0 spiro atoms. The summed E-state index contributed by atoms with van der Waals surface area (Å²) in [6.45, 7) is 4.53. The van der Waals surface area contributed by atoms with Crippen LogP contribution in [0.1, 0.15) is 25.0 Å². The molecule has 0 amide bonds. The SMILES string of the molecule is CC(C)(c1ccccc1)c1ccc2oc3c(-c4ccccn4)[c-]ccc3c2c1.[Ir].[c-]1ccc(-c2ccccc2)cc1-c1ccccn1. The minimum Gasteiger partial charge on any atom is -0.501 e. The van der Waals surface area contributed by atoms with Crippen molar-refractivity contribution in [2.45, 2.75) is 19.3 Å². The van der Waals surface area contributed by atoms with E-state index in [2.05, 4.69) is 115 Å². The molecule has 0 aliphatic rings. The maximum atomic E-state index is 6.24. The third-order valence-electron chi connectivity index (χ3n) is 8.42. The van der Waals surface area contributed by atoms with Crippen LogP contribution in [-0.2, 0) is 25.5 Å². The smallest absolute Gasteiger partial charge is 0.120 e. The van der Waals surface area contributed by atoms with Gasteiger partial charge in [-0.25, -0.2) is 0 Å². The minimum absolute atomic E-state index is 0. The number of pyridine rings is 2. The van der Waals surface area contributed by atoms with Gasteiger partial charge in [0.05, 0.1) is 5.58 Å². The van der Waals surface area contributed by atoms with E-state index >= 15 is 0 Å². The predicted octanol–water partition coefficient (Wildman–Crippen LogP) is 11.0. The molecule has 8 rings (SSSR count). The van der Waals surface area contributed by atoms with Crippen molar-refractivity contribution in [3.05, 3.63) is 181 Å². The molecule has 0 aliphatic heterocycles. The zero-order valence-corrected chi connectivity index (χ0v) is 28.5. The Bertz CT molecular complexity index is 2160. The molecule has 3 nitrogen and oxygen atoms in total. The van der Waals surface area contributed by atoms with Crippen LogP contribution >= 0.6 is 0 Å². The molecule has 0 bridgehead atoms. The van der Waals surface area contributed by atoms with Gasteiger partial charge in [0.2, 0.25) is 0 Å². The summed E-state index contributed by atoms with van der Waals surface area (Å²) in [6, 6.07) is 56.0. The summed E-state index contributed by atoms with van der Waals surface area (Å²) in [6.07, 6.45) is 3.60. The monoisotopic (exact) mass is 785 g/mol. The summed E-state index contributed by atoms with van der Waals surface area (Å²) in [4.78, 5) is 8.83. The van der Waals surface area contributed by atoms with E-state index in [-0.39, 0.29) is 25.5 Å². The molecule has 5 aromatic carbocycles. The van der Waals surface area contributed by atoms with E-state index in [4.69, 9.17) is 4.42 Å². The molecule has 231 valence electrons. The number of nitrogens with zero attached hydrogens (tertiary/aromatic N) is 2. The number of hydrogen-bond acceptors (Lipinski definition) is 3. The van der Waals surface area contributed by atoms with Gasteiger partial charge < -0.3 is 14.4 Å². The van der Waals surface area contributed by atoms with Crippen molar-refractivity contribution in [2.75, 3.05) is 0 Å². The fraction of sp³-hybridized carbons (Fsp3) is 0.0698. The van der Waals surface area contributed by atoms with Crippen LogP contribution in [0.3, 0.4) is 0 Å². The third kappa shape index (κ3) is 6.71. The van der Waals surface area contributed by atoms with Crippen LogP contribution in [0.15, 0.2) is 162 Å². The Morgan fingerprint density at radius 2 is 1.21 bits per heavy atom. The molecule has 0 aliphatic carbocycles. The van der Waals surface area contributed by atoms with Crippen molar-refractivity contribution in [1.82, 2.24) is 9.97 Å². The summed E-state index contributed by atoms with van der Waals surface area (Å²) in [5.41, 5.74) is 10.3. The molecular formula is C43H32IrN2O-2. The van der Waals surface area contributed by atoms with E-state index in [1.807, 2.05) is 66.7 Å². The Balaban J connectivity index is 0.000000176. The van der Waals surface area contributed by atoms with Gasteiger partial charge in [0, 0.05) is 43.3 Å². The van der Waals surface area contributed by atoms with Gasteiger partial charge >= 0.3 is 0 Å². The molecule has 0 fully saturated rings. The van der Waals surface area contributed by atoms with E-state index in [1.54, 1.807) is 12.4 Å². The van der Waals surface area contributed by atoms with Crippen LogP contribution in [0, 0.1) is 12.1 Å². The minimum atomic E-state index is -0.0935. The van der Waals surface area contributed by atoms with E-state index in [0.717, 1.165) is 44.5 Å². The Morgan fingerprint density at radius 3 is 1.91 bits per heavy atom. The van der Waals surface area contributed by atoms with Gasteiger partial charge in [0.1, 0.15) is 5.58 Å². The van der Waals surface area contributed by atoms with Crippen molar-refractivity contribution in [3.63, 3.8) is 0 Å². The van der Waals surface area contributed by atoms with Gasteiger partial charge in [-0.15, -0.1) is 53.6 Å². The maximum absolute atomic E-state index is 6.24. The van der Waals surface area contributed by atoms with Crippen LogP contribution in [0.5, 0.6) is 0 Å². The average Bonchev–Trinajstić information content (AvgIpc) is 3.52. The largest absolute Gasteiger partial charge is 0.501 e. The number of aromatic nitrogens is 2. The van der Waals surface area contributed by atoms with Gasteiger partial charge in [-0.1, -0.05) is 116 Å². The maximum Gasteiger partial charge on any atom is 0.120 e. The summed E-state index contributed by atoms with van der Waals surface area (Å²) in [5, 5.41) is 2.22. The molecule has 0 N–H and O–H groups in total. The number of fused-ring (bicyclic) bond motifs is 3. The molecular weight excluding hydrogens is 753 g/mol. The van der Waals surface area contributed by atoms with Crippen LogP contribution in [0.2, 0.25) is 0 Å². The van der Waals surface area contributed by atoms with E-state index < -0.39 is 0 Å². The molecule has 3 heterocycles. The quantitative estimate of drug-likeness (QED) is 0.163. The molecule has 47 heavy (non-hydrogen) atoms. The molecule has 0 unspecified atom stereocenters. The van der Waals surface area contributed by atoms with Crippen molar-refractivity contribution in [3.8, 4) is 33.6 Å². The predicted molar refractivity (Wildman–Crippen MR) is 188 cm³/mol. The number of furan rings is 1. The zero-order valence-electron chi connectivity index (χ0n) is 26.1. The average molecular weight is 785 g/mol. The van der Waals surface area contributed by atoms with Crippen LogP contribution < -0.4 is 0 Å². The fourth-order valence-electron chi connectivity index (χ4n) is 5.80. The third-order valence-corrected chi connectivity index (χ3v) is 8.42. The Morgan fingerprint density at radius 1 is 0.553 bits per heavy atom. The summed E-state index contributed by atoms with van der Waals surface area (Å²) >= 11 is 0. The van der Waals surface area contributed by atoms with E-state index in [0.29, 0.717) is 0 Å². The molecule has 8 aromatic rings. The first kappa shape index (κ1) is 31.8. The van der Waals surface area contributed by atoms with E-state index in [9.17, 15) is 0 Å². The van der Waals surface area contributed by atoms with Crippen molar-refractivity contribution in [2.24, 2.45) is 0 Å². The van der Waals surface area contributed by atoms with Gasteiger partial charge in [-0.2, -0.15) is 0 Å². The second-order valence-corrected chi connectivity index (χ2v) is 11.7. The summed E-state index contributed by atoms with van der Waals surface area (Å²) < 4.78 is 6.24. The van der Waals surface area contributed by atoms with Gasteiger partial charge in [0.15, 0.2) is 0 Å². The van der Waals surface area contributed by atoms with Crippen molar-refractivity contribution >= 4 is 21.9 Å². The standard InChI is InChI=1S/C26H20NO.C17H12N.Ir/c1-26(2,18-9-4-3-5-10-18)19-14-15-24-22(17-19)20-11-8-12-21(25(20)28-24)23-13-6-7-16-27-23;1-2-7-14(8-3-1)15-9-6-10-16(13-15)17-11-4-5-12-18-17;/h3-11,13-17H,1-2H3;1-9,11-13H;/q2*-1;. The molecule has 0 atom stereocenters. The Hall–Kier alpha value is -5.15. The first-order valence-corrected chi connectivity index (χ1v) is 15.4. The molecule has 0 saturated carbocycles. The van der Waals surface area contributed by atoms with Gasteiger partial charge in [0.25, 0.3) is 0 Å². The molecule has 4 heteroatoms. The Labute approximate surface area is 289 Å². The van der Waals surface area contributed by atoms with Crippen molar-refractivity contribution < 1.29 is 24.5 Å². The first-order chi connectivity index (χ1) is 22.6. The summed E-state index contributed by atoms with van der Waals surface area (Å²) in [7, 11) is 0. The molecule has 1 radical (unpaired) electrons. The summed E-state index contributed by atoms with van der Waals surface area (Å²) in [5.74, 6) is 0. The Kier molecular flexibility index (Phi) is 9.54. The van der Waals surface area contributed by atoms with Gasteiger partial charge in [-0.3, -0.25) is 0 Å². The van der Waals surface area contributed by atoms with Crippen LogP contribution in [0.4, 0.5) is 0 Å². The normalized spacial score (nSPS) is 11.0. The molecule has 3 aromatic heterocycles. The van der Waals surface area contributed by atoms with E-state index in [1.165, 1.54) is 22.3 Å². The van der Waals surface area contributed by atoms with Gasteiger partial charge in [-0.05, 0) is 52.3 Å². The topological polar surface area (TPSA) is 38.9 Å². The number of hydrogen-bond donors (Lipinski definition) is 0. The fourth-order valence-corrected chi connectivity index (χ4v) is 5.80. The second kappa shape index (κ2) is 14.1. The second-order valence-electron chi connectivity index (χ2n) is 11.7. The zero-order chi connectivity index (χ0) is 31.3. The van der Waals surface area contributed by atoms with Crippen LogP contribution in [-0.4, -0.2) is 9.97 Å². The van der Waals surface area contributed by atoms with Crippen LogP contribution in [0.25, 0.3) is 55.6 Å². The van der Waals surface area contributed by atoms with Crippen molar-refractivity contribution in [1.29, 1.82) is 0 Å². The molecule has 0 saturated heterocycles. The first-order valence-electron chi connectivity index (χ1n) is 15.4. The number of benzene rings is 5. The number of rotatable bonds is 5.